The summed E-state index contributed by atoms with van der Waals surface area (Å²) in [4.78, 5) is 23.1. The summed E-state index contributed by atoms with van der Waals surface area (Å²) in [6.45, 7) is 6.53. The molecule has 0 bridgehead atoms. The average Bonchev–Trinajstić information content (AvgIpc) is 2.83. The van der Waals surface area contributed by atoms with Gasteiger partial charge in [-0.05, 0) is 13.8 Å². The molecule has 0 atom stereocenters. The van der Waals surface area contributed by atoms with Crippen molar-refractivity contribution in [2.24, 2.45) is 0 Å². The van der Waals surface area contributed by atoms with Crippen LogP contribution >= 0.6 is 11.6 Å². The van der Waals surface area contributed by atoms with Gasteiger partial charge in [-0.2, -0.15) is 0 Å². The number of aryl methyl sites for hydroxylation is 1. The SMILES string of the molecule is CCOC(=O)c1c(C)nc2c(N3CCOCC3)nc(Cl)cn12. The molecule has 3 heterocycles. The fourth-order valence-corrected chi connectivity index (χ4v) is 2.73. The number of morpholine rings is 1. The second-order valence-electron chi connectivity index (χ2n) is 4.95. The molecule has 0 unspecified atom stereocenters. The highest BCUT2D eigenvalue weighted by Crippen LogP contribution is 2.25. The minimum Gasteiger partial charge on any atom is -0.461 e. The maximum Gasteiger partial charge on any atom is 0.357 e. The number of aromatic nitrogens is 3. The van der Waals surface area contributed by atoms with E-state index >= 15 is 0 Å². The third-order valence-corrected chi connectivity index (χ3v) is 3.70. The van der Waals surface area contributed by atoms with E-state index in [1.165, 1.54) is 0 Å². The lowest BCUT2D eigenvalue weighted by Gasteiger charge is -2.28. The number of halogens is 1. The predicted octanol–water partition coefficient (Wildman–Crippen LogP) is 1.70. The standard InChI is InChI=1S/C14H17ClN4O3/c1-3-22-14(20)11-9(2)16-13-12(17-10(15)8-19(11)13)18-4-6-21-7-5-18/h8H,3-7H2,1-2H3. The first-order valence-electron chi connectivity index (χ1n) is 7.16. The van der Waals surface area contributed by atoms with Gasteiger partial charge in [0.05, 0.1) is 25.5 Å². The van der Waals surface area contributed by atoms with Crippen LogP contribution in [-0.4, -0.2) is 53.2 Å². The molecule has 0 saturated carbocycles. The van der Waals surface area contributed by atoms with Crippen molar-refractivity contribution >= 4 is 29.0 Å². The van der Waals surface area contributed by atoms with E-state index in [0.717, 1.165) is 0 Å². The van der Waals surface area contributed by atoms with Crippen LogP contribution in [-0.2, 0) is 9.47 Å². The maximum absolute atomic E-state index is 12.2. The number of nitrogens with zero attached hydrogens (tertiary/aromatic N) is 4. The molecule has 8 heteroatoms. The lowest BCUT2D eigenvalue weighted by atomic mass is 10.3. The number of ether oxygens (including phenoxy) is 2. The van der Waals surface area contributed by atoms with Gasteiger partial charge < -0.3 is 14.4 Å². The zero-order valence-corrected chi connectivity index (χ0v) is 13.3. The van der Waals surface area contributed by atoms with Crippen molar-refractivity contribution in [3.63, 3.8) is 0 Å². The summed E-state index contributed by atoms with van der Waals surface area (Å²) in [6, 6.07) is 0. The molecule has 1 saturated heterocycles. The molecule has 1 fully saturated rings. The molecule has 0 radical (unpaired) electrons. The Labute approximate surface area is 132 Å². The molecule has 3 rings (SSSR count). The average molecular weight is 325 g/mol. The molecule has 0 aliphatic carbocycles. The monoisotopic (exact) mass is 324 g/mol. The van der Waals surface area contributed by atoms with Gasteiger partial charge in [-0.3, -0.25) is 4.40 Å². The molecule has 1 aliphatic rings. The number of carbonyl (C=O) groups is 1. The normalized spacial score (nSPS) is 15.3. The first-order valence-corrected chi connectivity index (χ1v) is 7.54. The first-order chi connectivity index (χ1) is 10.6. The quantitative estimate of drug-likeness (QED) is 0.801. The largest absolute Gasteiger partial charge is 0.461 e. The summed E-state index contributed by atoms with van der Waals surface area (Å²) >= 11 is 6.14. The summed E-state index contributed by atoms with van der Waals surface area (Å²) in [5.74, 6) is 0.247. The molecule has 7 nitrogen and oxygen atoms in total. The minimum absolute atomic E-state index is 0.303. The molecule has 0 aromatic carbocycles. The Hall–Kier alpha value is -1.86. The smallest absolute Gasteiger partial charge is 0.357 e. The number of fused-ring (bicyclic) bond motifs is 1. The van der Waals surface area contributed by atoms with E-state index in [-0.39, 0.29) is 0 Å². The second kappa shape index (κ2) is 6.10. The second-order valence-corrected chi connectivity index (χ2v) is 5.33. The third kappa shape index (κ3) is 2.62. The molecule has 0 amide bonds. The Bertz CT molecular complexity index is 710. The number of esters is 1. The van der Waals surface area contributed by atoms with Crippen LogP contribution in [0.5, 0.6) is 0 Å². The van der Waals surface area contributed by atoms with Crippen LogP contribution in [0.15, 0.2) is 6.20 Å². The van der Waals surface area contributed by atoms with Crippen molar-refractivity contribution in [2.45, 2.75) is 13.8 Å². The van der Waals surface area contributed by atoms with Gasteiger partial charge in [-0.1, -0.05) is 11.6 Å². The lowest BCUT2D eigenvalue weighted by Crippen LogP contribution is -2.37. The lowest BCUT2D eigenvalue weighted by molar-refractivity contribution is 0.0517. The number of rotatable bonds is 3. The minimum atomic E-state index is -0.414. The Morgan fingerprint density at radius 1 is 1.41 bits per heavy atom. The van der Waals surface area contributed by atoms with E-state index in [0.29, 0.717) is 60.9 Å². The van der Waals surface area contributed by atoms with Gasteiger partial charge in [0.25, 0.3) is 0 Å². The van der Waals surface area contributed by atoms with E-state index in [4.69, 9.17) is 21.1 Å². The molecular weight excluding hydrogens is 308 g/mol. The summed E-state index contributed by atoms with van der Waals surface area (Å²) in [6.07, 6.45) is 1.59. The highest BCUT2D eigenvalue weighted by Gasteiger charge is 2.24. The highest BCUT2D eigenvalue weighted by molar-refractivity contribution is 6.29. The maximum atomic E-state index is 12.2. The van der Waals surface area contributed by atoms with Crippen molar-refractivity contribution in [3.8, 4) is 0 Å². The Morgan fingerprint density at radius 3 is 2.82 bits per heavy atom. The van der Waals surface area contributed by atoms with Crippen molar-refractivity contribution in [2.75, 3.05) is 37.8 Å². The van der Waals surface area contributed by atoms with Crippen molar-refractivity contribution < 1.29 is 14.3 Å². The van der Waals surface area contributed by atoms with Crippen LogP contribution in [0.1, 0.15) is 23.1 Å². The van der Waals surface area contributed by atoms with Crippen LogP contribution in [0.25, 0.3) is 5.65 Å². The molecular formula is C14H17ClN4O3. The molecule has 22 heavy (non-hydrogen) atoms. The summed E-state index contributed by atoms with van der Waals surface area (Å²) in [5.41, 5.74) is 1.58. The zero-order chi connectivity index (χ0) is 15.7. The van der Waals surface area contributed by atoms with Crippen molar-refractivity contribution in [1.82, 2.24) is 14.4 Å². The van der Waals surface area contributed by atoms with Gasteiger partial charge in [0.15, 0.2) is 17.2 Å². The number of imidazole rings is 1. The Balaban J connectivity index is 2.14. The van der Waals surface area contributed by atoms with Gasteiger partial charge in [-0.25, -0.2) is 14.8 Å². The first kappa shape index (κ1) is 15.1. The summed E-state index contributed by atoms with van der Waals surface area (Å²) in [5, 5.41) is 0.303. The van der Waals surface area contributed by atoms with E-state index < -0.39 is 5.97 Å². The molecule has 0 spiro atoms. The highest BCUT2D eigenvalue weighted by atomic mass is 35.5. The van der Waals surface area contributed by atoms with Gasteiger partial charge in [0.2, 0.25) is 0 Å². The molecule has 2 aromatic rings. The van der Waals surface area contributed by atoms with E-state index in [1.54, 1.807) is 24.4 Å². The van der Waals surface area contributed by atoms with E-state index in [9.17, 15) is 4.79 Å². The molecule has 1 aliphatic heterocycles. The molecule has 0 N–H and O–H groups in total. The number of carbonyl (C=O) groups excluding carboxylic acids is 1. The molecule has 2 aromatic heterocycles. The fourth-order valence-electron chi connectivity index (χ4n) is 2.55. The van der Waals surface area contributed by atoms with E-state index in [2.05, 4.69) is 14.9 Å². The zero-order valence-electron chi connectivity index (χ0n) is 12.5. The van der Waals surface area contributed by atoms with Crippen LogP contribution in [0.2, 0.25) is 5.15 Å². The van der Waals surface area contributed by atoms with Crippen molar-refractivity contribution in [1.29, 1.82) is 0 Å². The summed E-state index contributed by atoms with van der Waals surface area (Å²) < 4.78 is 12.1. The van der Waals surface area contributed by atoms with Crippen molar-refractivity contribution in [3.05, 3.63) is 22.7 Å². The van der Waals surface area contributed by atoms with Gasteiger partial charge in [0, 0.05) is 19.3 Å². The Kier molecular flexibility index (Phi) is 4.17. The van der Waals surface area contributed by atoms with Crippen LogP contribution < -0.4 is 4.90 Å². The van der Waals surface area contributed by atoms with Gasteiger partial charge >= 0.3 is 5.97 Å². The molecule has 118 valence electrons. The van der Waals surface area contributed by atoms with Crippen LogP contribution in [0.4, 0.5) is 5.82 Å². The van der Waals surface area contributed by atoms with Crippen LogP contribution in [0.3, 0.4) is 0 Å². The predicted molar refractivity (Wildman–Crippen MR) is 81.7 cm³/mol. The number of hydrogen-bond donors (Lipinski definition) is 0. The van der Waals surface area contributed by atoms with Gasteiger partial charge in [0.1, 0.15) is 5.15 Å². The Morgan fingerprint density at radius 2 is 2.14 bits per heavy atom. The third-order valence-electron chi connectivity index (χ3n) is 3.51. The topological polar surface area (TPSA) is 69.0 Å². The number of hydrogen-bond acceptors (Lipinski definition) is 6. The summed E-state index contributed by atoms with van der Waals surface area (Å²) in [7, 11) is 0. The number of anilines is 1. The van der Waals surface area contributed by atoms with Gasteiger partial charge in [-0.15, -0.1) is 0 Å². The fraction of sp³-hybridized carbons (Fsp3) is 0.500. The van der Waals surface area contributed by atoms with E-state index in [1.807, 2.05) is 0 Å². The van der Waals surface area contributed by atoms with Crippen LogP contribution in [0, 0.1) is 6.92 Å².